The fourth-order valence-corrected chi connectivity index (χ4v) is 4.09. The summed E-state index contributed by atoms with van der Waals surface area (Å²) in [5.41, 5.74) is 2.89. The van der Waals surface area contributed by atoms with Crippen LogP contribution in [-0.2, 0) is 20.9 Å². The molecule has 3 amide bonds. The second-order valence-corrected chi connectivity index (χ2v) is 9.50. The largest absolute Gasteiger partial charge is 0.481 e. The predicted octanol–water partition coefficient (Wildman–Crippen LogP) is 4.55. The zero-order valence-corrected chi connectivity index (χ0v) is 23.5. The van der Waals surface area contributed by atoms with Crippen LogP contribution in [0.15, 0.2) is 48.5 Å². The topological polar surface area (TPSA) is 149 Å². The third-order valence-electron chi connectivity index (χ3n) is 5.55. The first-order valence-corrected chi connectivity index (χ1v) is 13.6. The molecule has 0 heterocycles. The van der Waals surface area contributed by atoms with E-state index in [4.69, 9.17) is 14.9 Å². The predicted molar refractivity (Wildman–Crippen MR) is 153 cm³/mol. The lowest BCUT2D eigenvalue weighted by atomic mass is 10.1. The summed E-state index contributed by atoms with van der Waals surface area (Å²) in [6, 6.07) is 12.1. The van der Waals surface area contributed by atoms with E-state index in [2.05, 4.69) is 45.0 Å². The highest BCUT2D eigenvalue weighted by molar-refractivity contribution is 14.1. The number of hydrogen-bond acceptors (Lipinski definition) is 6. The minimum absolute atomic E-state index is 0.0178. The van der Waals surface area contributed by atoms with Gasteiger partial charge in [-0.3, -0.25) is 9.69 Å². The van der Waals surface area contributed by atoms with E-state index in [1.165, 1.54) is 4.90 Å². The van der Waals surface area contributed by atoms with E-state index in [1.54, 1.807) is 31.3 Å². The Bertz CT molecular complexity index is 1070. The molecular weight excluding hydrogens is 607 g/mol. The van der Waals surface area contributed by atoms with Crippen molar-refractivity contribution < 1.29 is 34.1 Å². The van der Waals surface area contributed by atoms with Gasteiger partial charge in [0.25, 0.3) is 0 Å². The number of nitrogens with zero attached hydrogens (tertiary/aromatic N) is 2. The van der Waals surface area contributed by atoms with Gasteiger partial charge in [-0.15, -0.1) is 0 Å². The zero-order chi connectivity index (χ0) is 28.1. The molecule has 2 rings (SSSR count). The van der Waals surface area contributed by atoms with Gasteiger partial charge in [0.1, 0.15) is 12.6 Å². The number of urea groups is 1. The van der Waals surface area contributed by atoms with Crippen LogP contribution in [0.2, 0.25) is 0 Å². The number of carboxylic acids is 2. The van der Waals surface area contributed by atoms with Crippen molar-refractivity contribution in [2.45, 2.75) is 38.8 Å². The van der Waals surface area contributed by atoms with Crippen molar-refractivity contribution in [3.63, 3.8) is 0 Å². The number of amides is 3. The lowest BCUT2D eigenvalue weighted by Crippen LogP contribution is -2.43. The third kappa shape index (κ3) is 10.1. The summed E-state index contributed by atoms with van der Waals surface area (Å²) in [7, 11) is 1.64. The molecule has 11 nitrogen and oxygen atoms in total. The second-order valence-electron chi connectivity index (χ2n) is 8.42. The van der Waals surface area contributed by atoms with Crippen molar-refractivity contribution >= 4 is 63.7 Å². The highest BCUT2D eigenvalue weighted by Gasteiger charge is 2.21. The minimum Gasteiger partial charge on any atom is -0.481 e. The second kappa shape index (κ2) is 15.6. The summed E-state index contributed by atoms with van der Waals surface area (Å²) in [6.45, 7) is 4.09. The van der Waals surface area contributed by atoms with E-state index in [0.29, 0.717) is 16.9 Å². The monoisotopic (exact) mass is 640 g/mol. The van der Waals surface area contributed by atoms with Crippen LogP contribution in [0.5, 0.6) is 0 Å². The number of aliphatic carboxylic acids is 2. The third-order valence-corrected chi connectivity index (χ3v) is 6.03. The number of benzene rings is 2. The van der Waals surface area contributed by atoms with Crippen LogP contribution in [0.1, 0.15) is 31.7 Å². The lowest BCUT2D eigenvalue weighted by Gasteiger charge is -2.24. The van der Waals surface area contributed by atoms with Gasteiger partial charge in [0.2, 0.25) is 0 Å². The molecule has 38 heavy (non-hydrogen) atoms. The molecule has 0 saturated heterocycles. The highest BCUT2D eigenvalue weighted by Crippen LogP contribution is 2.21. The Morgan fingerprint density at radius 1 is 0.974 bits per heavy atom. The number of halogens is 1. The summed E-state index contributed by atoms with van der Waals surface area (Å²) in [5, 5.41) is 22.6. The Balaban J connectivity index is 1.87. The molecular formula is C26H33IN4O7. The standard InChI is InChI=1S/C26H33IN4O7/c1-3-15-31(16-14-27)21-10-8-20(9-11-21)30(2)26(37)38-17-18-4-6-19(7-5-18)28-25(36)29-22(24(34)35)12-13-23(32)33/h4-11,22H,3,12-17H2,1-2H3,(H,32,33)(H,34,35)(H2,28,29,36). The van der Waals surface area contributed by atoms with Gasteiger partial charge in [0, 0.05) is 48.0 Å². The van der Waals surface area contributed by atoms with E-state index in [-0.39, 0.29) is 19.4 Å². The number of ether oxygens (including phenoxy) is 1. The fraction of sp³-hybridized carbons (Fsp3) is 0.385. The molecule has 1 unspecified atom stereocenters. The number of alkyl halides is 1. The van der Waals surface area contributed by atoms with Crippen LogP contribution < -0.4 is 20.4 Å². The van der Waals surface area contributed by atoms with E-state index < -0.39 is 30.1 Å². The quantitative estimate of drug-likeness (QED) is 0.174. The van der Waals surface area contributed by atoms with E-state index in [0.717, 1.165) is 29.6 Å². The molecule has 4 N–H and O–H groups in total. The Hall–Kier alpha value is -3.55. The first kappa shape index (κ1) is 30.7. The van der Waals surface area contributed by atoms with Crippen LogP contribution in [0.25, 0.3) is 0 Å². The normalized spacial score (nSPS) is 11.2. The van der Waals surface area contributed by atoms with Crippen molar-refractivity contribution in [2.24, 2.45) is 0 Å². The Morgan fingerprint density at radius 2 is 1.61 bits per heavy atom. The lowest BCUT2D eigenvalue weighted by molar-refractivity contribution is -0.140. The van der Waals surface area contributed by atoms with E-state index in [1.807, 2.05) is 24.3 Å². The maximum Gasteiger partial charge on any atom is 0.414 e. The Morgan fingerprint density at radius 3 is 2.16 bits per heavy atom. The Labute approximate surface area is 235 Å². The molecule has 0 radical (unpaired) electrons. The van der Waals surface area contributed by atoms with Gasteiger partial charge in [0.05, 0.1) is 0 Å². The van der Waals surface area contributed by atoms with Gasteiger partial charge in [-0.05, 0) is 54.8 Å². The molecule has 0 bridgehead atoms. The number of carbonyl (C=O) groups is 4. The molecule has 0 saturated carbocycles. The molecule has 0 fully saturated rings. The minimum atomic E-state index is -1.33. The van der Waals surface area contributed by atoms with Gasteiger partial charge >= 0.3 is 24.1 Å². The van der Waals surface area contributed by atoms with Crippen molar-refractivity contribution in [3.05, 3.63) is 54.1 Å². The van der Waals surface area contributed by atoms with Gasteiger partial charge in [-0.2, -0.15) is 0 Å². The highest BCUT2D eigenvalue weighted by atomic mass is 127. The molecule has 0 aliphatic carbocycles. The summed E-state index contributed by atoms with van der Waals surface area (Å²) in [6.07, 6.45) is -0.0921. The Kier molecular flexibility index (Phi) is 12.6. The van der Waals surface area contributed by atoms with Crippen LogP contribution in [0, 0.1) is 0 Å². The van der Waals surface area contributed by atoms with Crippen LogP contribution >= 0.6 is 22.6 Å². The molecule has 0 aliphatic heterocycles. The molecule has 2 aromatic rings. The maximum absolute atomic E-state index is 12.5. The molecule has 1 atom stereocenters. The summed E-state index contributed by atoms with van der Waals surface area (Å²) in [4.78, 5) is 50.3. The number of nitrogens with one attached hydrogen (secondary N) is 2. The number of carbonyl (C=O) groups excluding carboxylic acids is 2. The molecule has 2 aromatic carbocycles. The molecule has 0 spiro atoms. The van der Waals surface area contributed by atoms with Crippen LogP contribution in [0.3, 0.4) is 0 Å². The summed E-state index contributed by atoms with van der Waals surface area (Å²) < 4.78 is 6.43. The smallest absolute Gasteiger partial charge is 0.414 e. The van der Waals surface area contributed by atoms with Gasteiger partial charge in [0.15, 0.2) is 0 Å². The average Bonchev–Trinajstić information content (AvgIpc) is 2.89. The number of carboxylic acid groups (broad SMARTS) is 2. The average molecular weight is 640 g/mol. The van der Waals surface area contributed by atoms with Crippen LogP contribution in [0.4, 0.5) is 26.7 Å². The van der Waals surface area contributed by atoms with Crippen molar-refractivity contribution in [3.8, 4) is 0 Å². The van der Waals surface area contributed by atoms with Gasteiger partial charge in [-0.25, -0.2) is 14.4 Å². The van der Waals surface area contributed by atoms with Gasteiger partial charge < -0.3 is 30.5 Å². The number of rotatable bonds is 14. The maximum atomic E-state index is 12.5. The van der Waals surface area contributed by atoms with Crippen LogP contribution in [-0.4, -0.2) is 64.9 Å². The molecule has 12 heteroatoms. The van der Waals surface area contributed by atoms with E-state index >= 15 is 0 Å². The SMILES string of the molecule is CCCN(CCI)c1ccc(N(C)C(=O)OCc2ccc(NC(=O)NC(CCC(=O)O)C(=O)O)cc2)cc1. The zero-order valence-electron chi connectivity index (χ0n) is 21.4. The van der Waals surface area contributed by atoms with Gasteiger partial charge in [-0.1, -0.05) is 41.6 Å². The number of anilines is 3. The molecule has 0 aliphatic rings. The first-order valence-electron chi connectivity index (χ1n) is 12.1. The van der Waals surface area contributed by atoms with Crippen molar-refractivity contribution in [1.29, 1.82) is 0 Å². The summed E-state index contributed by atoms with van der Waals surface area (Å²) in [5.74, 6) is -2.48. The fourth-order valence-electron chi connectivity index (χ4n) is 3.51. The first-order chi connectivity index (χ1) is 18.1. The van der Waals surface area contributed by atoms with E-state index in [9.17, 15) is 19.2 Å². The summed E-state index contributed by atoms with van der Waals surface area (Å²) >= 11 is 2.36. The number of hydrogen-bond donors (Lipinski definition) is 4. The molecule has 206 valence electrons. The van der Waals surface area contributed by atoms with Crippen molar-refractivity contribution in [1.82, 2.24) is 5.32 Å². The molecule has 0 aromatic heterocycles. The van der Waals surface area contributed by atoms with Crippen molar-refractivity contribution in [2.75, 3.05) is 39.7 Å².